The summed E-state index contributed by atoms with van der Waals surface area (Å²) in [6.07, 6.45) is 4.43. The standard InChI is InChI=1S/C12H17N3O4/c1-2-10-9(3-4-19-10)12(18)14-8-5-13-15(6-8)7-11(16)17/h5-6,9-10H,2-4,7H2,1H3,(H,14,18)(H,16,17). The Hall–Kier alpha value is -1.89. The fourth-order valence-corrected chi connectivity index (χ4v) is 2.24. The first-order valence-corrected chi connectivity index (χ1v) is 6.27. The van der Waals surface area contributed by atoms with E-state index in [-0.39, 0.29) is 24.5 Å². The minimum Gasteiger partial charge on any atom is -0.480 e. The molecular formula is C12H17N3O4. The zero-order chi connectivity index (χ0) is 13.8. The first-order chi connectivity index (χ1) is 9.10. The van der Waals surface area contributed by atoms with Crippen molar-refractivity contribution in [3.63, 3.8) is 0 Å². The maximum atomic E-state index is 12.1. The molecule has 19 heavy (non-hydrogen) atoms. The Morgan fingerprint density at radius 1 is 1.63 bits per heavy atom. The molecule has 0 spiro atoms. The normalized spacial score (nSPS) is 22.4. The summed E-state index contributed by atoms with van der Waals surface area (Å²) < 4.78 is 6.74. The van der Waals surface area contributed by atoms with E-state index in [1.165, 1.54) is 17.1 Å². The molecule has 0 radical (unpaired) electrons. The van der Waals surface area contributed by atoms with Gasteiger partial charge in [0.25, 0.3) is 0 Å². The summed E-state index contributed by atoms with van der Waals surface area (Å²) in [5.74, 6) is -1.22. The number of hydrogen-bond acceptors (Lipinski definition) is 4. The monoisotopic (exact) mass is 267 g/mol. The fraction of sp³-hybridized carbons (Fsp3) is 0.583. The third-order valence-corrected chi connectivity index (χ3v) is 3.15. The number of carbonyl (C=O) groups is 2. The molecule has 2 N–H and O–H groups in total. The van der Waals surface area contributed by atoms with Gasteiger partial charge < -0.3 is 15.2 Å². The third-order valence-electron chi connectivity index (χ3n) is 3.15. The number of carboxylic acid groups (broad SMARTS) is 1. The summed E-state index contributed by atoms with van der Waals surface area (Å²) in [4.78, 5) is 22.6. The zero-order valence-electron chi connectivity index (χ0n) is 10.7. The van der Waals surface area contributed by atoms with Crippen LogP contribution in [0.5, 0.6) is 0 Å². The lowest BCUT2D eigenvalue weighted by Crippen LogP contribution is -2.29. The summed E-state index contributed by atoms with van der Waals surface area (Å²) in [7, 11) is 0. The van der Waals surface area contributed by atoms with Crippen molar-refractivity contribution in [2.75, 3.05) is 11.9 Å². The van der Waals surface area contributed by atoms with Gasteiger partial charge in [-0.05, 0) is 12.8 Å². The van der Waals surface area contributed by atoms with Crippen LogP contribution in [0.2, 0.25) is 0 Å². The van der Waals surface area contributed by atoms with Crippen LogP contribution in [0.15, 0.2) is 12.4 Å². The van der Waals surface area contributed by atoms with E-state index >= 15 is 0 Å². The summed E-state index contributed by atoms with van der Waals surface area (Å²) in [5, 5.41) is 15.2. The highest BCUT2D eigenvalue weighted by molar-refractivity contribution is 5.92. The lowest BCUT2D eigenvalue weighted by molar-refractivity contribution is -0.137. The van der Waals surface area contributed by atoms with Crippen molar-refractivity contribution in [2.24, 2.45) is 5.92 Å². The van der Waals surface area contributed by atoms with Crippen molar-refractivity contribution >= 4 is 17.6 Å². The molecule has 0 bridgehead atoms. The molecule has 7 nitrogen and oxygen atoms in total. The van der Waals surface area contributed by atoms with E-state index in [1.807, 2.05) is 6.92 Å². The van der Waals surface area contributed by atoms with Crippen LogP contribution >= 0.6 is 0 Å². The Morgan fingerprint density at radius 2 is 2.42 bits per heavy atom. The molecule has 1 aliphatic rings. The van der Waals surface area contributed by atoms with Crippen LogP contribution in [0.3, 0.4) is 0 Å². The number of aliphatic carboxylic acids is 1. The quantitative estimate of drug-likeness (QED) is 0.820. The molecule has 7 heteroatoms. The van der Waals surface area contributed by atoms with Crippen molar-refractivity contribution in [1.29, 1.82) is 0 Å². The minimum absolute atomic E-state index is 0.0333. The first-order valence-electron chi connectivity index (χ1n) is 6.27. The van der Waals surface area contributed by atoms with Crippen LogP contribution in [0.4, 0.5) is 5.69 Å². The first kappa shape index (κ1) is 13.5. The molecule has 104 valence electrons. The molecule has 1 aromatic heterocycles. The van der Waals surface area contributed by atoms with E-state index in [2.05, 4.69) is 10.4 Å². The Morgan fingerprint density at radius 3 is 3.11 bits per heavy atom. The van der Waals surface area contributed by atoms with Gasteiger partial charge in [-0.2, -0.15) is 5.10 Å². The van der Waals surface area contributed by atoms with Crippen LogP contribution in [0.1, 0.15) is 19.8 Å². The van der Waals surface area contributed by atoms with Crippen molar-refractivity contribution < 1.29 is 19.4 Å². The van der Waals surface area contributed by atoms with Gasteiger partial charge in [-0.15, -0.1) is 0 Å². The third kappa shape index (κ3) is 3.31. The average Bonchev–Trinajstić information content (AvgIpc) is 2.96. The molecular weight excluding hydrogens is 250 g/mol. The number of hydrogen-bond donors (Lipinski definition) is 2. The molecule has 2 atom stereocenters. The SMILES string of the molecule is CCC1OCCC1C(=O)Nc1cnn(CC(=O)O)c1. The molecule has 0 aliphatic carbocycles. The summed E-state index contributed by atoms with van der Waals surface area (Å²) in [6.45, 7) is 2.37. The smallest absolute Gasteiger partial charge is 0.325 e. The zero-order valence-corrected chi connectivity index (χ0v) is 10.7. The van der Waals surface area contributed by atoms with Gasteiger partial charge in [0.2, 0.25) is 5.91 Å². The van der Waals surface area contributed by atoms with Gasteiger partial charge in [-0.3, -0.25) is 14.3 Å². The van der Waals surface area contributed by atoms with E-state index in [1.54, 1.807) is 0 Å². The van der Waals surface area contributed by atoms with E-state index in [0.717, 1.165) is 6.42 Å². The lowest BCUT2D eigenvalue weighted by atomic mass is 9.99. The largest absolute Gasteiger partial charge is 0.480 e. The summed E-state index contributed by atoms with van der Waals surface area (Å²) in [5.41, 5.74) is 0.507. The van der Waals surface area contributed by atoms with E-state index in [9.17, 15) is 9.59 Å². The Kier molecular flexibility index (Phi) is 4.16. The van der Waals surface area contributed by atoms with Crippen molar-refractivity contribution in [3.05, 3.63) is 12.4 Å². The number of rotatable bonds is 5. The summed E-state index contributed by atoms with van der Waals surface area (Å²) in [6, 6.07) is 0. The number of carbonyl (C=O) groups excluding carboxylic acids is 1. The van der Waals surface area contributed by atoms with Crippen LogP contribution in [-0.4, -0.2) is 39.5 Å². The fourth-order valence-electron chi connectivity index (χ4n) is 2.24. The number of carboxylic acids is 1. The molecule has 1 aliphatic heterocycles. The van der Waals surface area contributed by atoms with Crippen molar-refractivity contribution in [2.45, 2.75) is 32.4 Å². The topological polar surface area (TPSA) is 93.5 Å². The van der Waals surface area contributed by atoms with Gasteiger partial charge in [0.15, 0.2) is 0 Å². The number of aromatic nitrogens is 2. The molecule has 2 unspecified atom stereocenters. The van der Waals surface area contributed by atoms with Gasteiger partial charge in [0, 0.05) is 12.8 Å². The van der Waals surface area contributed by atoms with Crippen LogP contribution < -0.4 is 5.32 Å². The minimum atomic E-state index is -0.976. The summed E-state index contributed by atoms with van der Waals surface area (Å²) >= 11 is 0. The Labute approximate surface area is 110 Å². The highest BCUT2D eigenvalue weighted by atomic mass is 16.5. The maximum Gasteiger partial charge on any atom is 0.325 e. The van der Waals surface area contributed by atoms with Gasteiger partial charge in [-0.25, -0.2) is 0 Å². The second kappa shape index (κ2) is 5.83. The van der Waals surface area contributed by atoms with Gasteiger partial charge in [0.1, 0.15) is 6.54 Å². The van der Waals surface area contributed by atoms with E-state index in [0.29, 0.717) is 18.7 Å². The number of ether oxygens (including phenoxy) is 1. The molecule has 1 amide bonds. The molecule has 2 rings (SSSR count). The molecule has 1 fully saturated rings. The van der Waals surface area contributed by atoms with Crippen LogP contribution in [0.25, 0.3) is 0 Å². The van der Waals surface area contributed by atoms with E-state index in [4.69, 9.17) is 9.84 Å². The number of amides is 1. The maximum absolute atomic E-state index is 12.1. The van der Waals surface area contributed by atoms with Gasteiger partial charge in [0.05, 0.1) is 23.9 Å². The van der Waals surface area contributed by atoms with Crippen LogP contribution in [-0.2, 0) is 20.9 Å². The Balaban J connectivity index is 1.95. The molecule has 1 aromatic rings. The molecule has 1 saturated heterocycles. The molecule has 0 aromatic carbocycles. The van der Waals surface area contributed by atoms with E-state index < -0.39 is 5.97 Å². The number of nitrogens with zero attached hydrogens (tertiary/aromatic N) is 2. The predicted molar refractivity (Wildman–Crippen MR) is 66.6 cm³/mol. The number of anilines is 1. The second-order valence-corrected chi connectivity index (χ2v) is 4.52. The highest BCUT2D eigenvalue weighted by Gasteiger charge is 2.32. The van der Waals surface area contributed by atoms with Crippen molar-refractivity contribution in [3.8, 4) is 0 Å². The number of nitrogens with one attached hydrogen (secondary N) is 1. The van der Waals surface area contributed by atoms with Gasteiger partial charge in [-0.1, -0.05) is 6.92 Å². The Bertz CT molecular complexity index is 471. The molecule has 0 saturated carbocycles. The average molecular weight is 267 g/mol. The second-order valence-electron chi connectivity index (χ2n) is 4.52. The van der Waals surface area contributed by atoms with Crippen LogP contribution in [0, 0.1) is 5.92 Å². The predicted octanol–water partition coefficient (Wildman–Crippen LogP) is 0.721. The molecule has 2 heterocycles. The van der Waals surface area contributed by atoms with Crippen molar-refractivity contribution in [1.82, 2.24) is 9.78 Å². The highest BCUT2D eigenvalue weighted by Crippen LogP contribution is 2.24. The van der Waals surface area contributed by atoms with Gasteiger partial charge >= 0.3 is 5.97 Å². The lowest BCUT2D eigenvalue weighted by Gasteiger charge is -2.15.